The van der Waals surface area contributed by atoms with Crippen LogP contribution in [-0.4, -0.2) is 75.8 Å². The van der Waals surface area contributed by atoms with Gasteiger partial charge in [0.25, 0.3) is 0 Å². The molecule has 2 saturated heterocycles. The number of rotatable bonds is 7. The third-order valence-electron chi connectivity index (χ3n) is 5.30. The van der Waals surface area contributed by atoms with Crippen molar-refractivity contribution in [3.8, 4) is 0 Å². The van der Waals surface area contributed by atoms with Gasteiger partial charge in [0.2, 0.25) is 0 Å². The molecule has 2 N–H and O–H groups in total. The zero-order valence-electron chi connectivity index (χ0n) is 14.4. The van der Waals surface area contributed by atoms with Gasteiger partial charge in [-0.1, -0.05) is 6.92 Å². The van der Waals surface area contributed by atoms with Crippen LogP contribution in [0.5, 0.6) is 0 Å². The minimum absolute atomic E-state index is 0.740. The highest BCUT2D eigenvalue weighted by atomic mass is 15.2. The minimum Gasteiger partial charge on any atom is -0.317 e. The van der Waals surface area contributed by atoms with E-state index in [0.29, 0.717) is 0 Å². The molecule has 0 aliphatic carbocycles. The smallest absolute Gasteiger partial charge is 0.0217 e. The maximum atomic E-state index is 3.75. The lowest BCUT2D eigenvalue weighted by Crippen LogP contribution is -2.49. The molecule has 0 spiro atoms. The Balaban J connectivity index is 1.60. The first-order valence-electron chi connectivity index (χ1n) is 8.99. The van der Waals surface area contributed by atoms with Gasteiger partial charge in [-0.25, -0.2) is 0 Å². The molecule has 4 nitrogen and oxygen atoms in total. The molecule has 3 atom stereocenters. The van der Waals surface area contributed by atoms with Crippen molar-refractivity contribution in [3.05, 3.63) is 0 Å². The van der Waals surface area contributed by atoms with Crippen LogP contribution in [0.15, 0.2) is 0 Å². The average molecular weight is 297 g/mol. The number of piperidine rings is 2. The normalized spacial score (nSPS) is 32.4. The molecule has 124 valence electrons. The van der Waals surface area contributed by atoms with E-state index in [0.717, 1.165) is 24.4 Å². The molecule has 21 heavy (non-hydrogen) atoms. The largest absolute Gasteiger partial charge is 0.317 e. The fraction of sp³-hybridized carbons (Fsp3) is 1.00. The van der Waals surface area contributed by atoms with Crippen molar-refractivity contribution >= 4 is 0 Å². The van der Waals surface area contributed by atoms with Gasteiger partial charge in [-0.2, -0.15) is 0 Å². The summed E-state index contributed by atoms with van der Waals surface area (Å²) in [5, 5.41) is 7.25. The lowest BCUT2D eigenvalue weighted by atomic mass is 9.92. The topological polar surface area (TPSA) is 30.5 Å². The Kier molecular flexibility index (Phi) is 7.44. The first-order chi connectivity index (χ1) is 10.2. The van der Waals surface area contributed by atoms with Gasteiger partial charge in [-0.15, -0.1) is 0 Å². The van der Waals surface area contributed by atoms with Gasteiger partial charge in [0.1, 0.15) is 0 Å². The van der Waals surface area contributed by atoms with E-state index in [1.807, 2.05) is 0 Å². The monoisotopic (exact) mass is 296 g/mol. The van der Waals surface area contributed by atoms with Crippen molar-refractivity contribution in [3.63, 3.8) is 0 Å². The van der Waals surface area contributed by atoms with E-state index in [2.05, 4.69) is 41.5 Å². The Hall–Kier alpha value is -0.160. The van der Waals surface area contributed by atoms with Crippen LogP contribution in [0.1, 0.15) is 32.6 Å². The van der Waals surface area contributed by atoms with Gasteiger partial charge in [-0.05, 0) is 77.8 Å². The zero-order valence-corrected chi connectivity index (χ0v) is 14.4. The molecule has 0 aromatic heterocycles. The molecule has 2 aliphatic heterocycles. The molecule has 2 rings (SSSR count). The van der Waals surface area contributed by atoms with Crippen molar-refractivity contribution in [1.82, 2.24) is 20.4 Å². The van der Waals surface area contributed by atoms with Crippen LogP contribution in [0.4, 0.5) is 0 Å². The molecule has 3 unspecified atom stereocenters. The fourth-order valence-corrected chi connectivity index (χ4v) is 3.96. The number of likely N-dealkylation sites (N-methyl/N-ethyl adjacent to an activating group) is 1. The standard InChI is InChI=1S/C17H36N4/c1-4-18-10-16-7-8-17(21(3)14-16)12-19-11-15-6-5-9-20(2)13-15/h15-19H,4-14H2,1-3H3. The number of likely N-dealkylation sites (tertiary alicyclic amines) is 2. The predicted octanol–water partition coefficient (Wildman–Crippen LogP) is 1.24. The first kappa shape index (κ1) is 17.2. The summed E-state index contributed by atoms with van der Waals surface area (Å²) in [6, 6.07) is 0.740. The molecule has 0 saturated carbocycles. The van der Waals surface area contributed by atoms with Crippen LogP contribution in [0.25, 0.3) is 0 Å². The second-order valence-electron chi connectivity index (χ2n) is 7.27. The summed E-state index contributed by atoms with van der Waals surface area (Å²) in [6.45, 7) is 10.7. The highest BCUT2D eigenvalue weighted by molar-refractivity contribution is 4.82. The van der Waals surface area contributed by atoms with Gasteiger partial charge < -0.3 is 20.4 Å². The molecular weight excluding hydrogens is 260 g/mol. The Morgan fingerprint density at radius 3 is 2.38 bits per heavy atom. The van der Waals surface area contributed by atoms with Crippen molar-refractivity contribution in [2.24, 2.45) is 11.8 Å². The van der Waals surface area contributed by atoms with E-state index in [4.69, 9.17) is 0 Å². The van der Waals surface area contributed by atoms with Crippen LogP contribution in [0.2, 0.25) is 0 Å². The van der Waals surface area contributed by atoms with Gasteiger partial charge in [0, 0.05) is 25.7 Å². The Bertz CT molecular complexity index is 284. The third-order valence-corrected chi connectivity index (χ3v) is 5.30. The summed E-state index contributed by atoms with van der Waals surface area (Å²) >= 11 is 0. The van der Waals surface area contributed by atoms with Crippen LogP contribution >= 0.6 is 0 Å². The summed E-state index contributed by atoms with van der Waals surface area (Å²) in [5.41, 5.74) is 0. The molecular formula is C17H36N4. The molecule has 2 heterocycles. The van der Waals surface area contributed by atoms with Crippen LogP contribution in [-0.2, 0) is 0 Å². The lowest BCUT2D eigenvalue weighted by molar-refractivity contribution is 0.131. The predicted molar refractivity (Wildman–Crippen MR) is 90.8 cm³/mol. The highest BCUT2D eigenvalue weighted by Crippen LogP contribution is 2.20. The number of hydrogen-bond acceptors (Lipinski definition) is 4. The quantitative estimate of drug-likeness (QED) is 0.740. The fourth-order valence-electron chi connectivity index (χ4n) is 3.96. The van der Waals surface area contributed by atoms with Crippen LogP contribution in [0, 0.1) is 11.8 Å². The summed E-state index contributed by atoms with van der Waals surface area (Å²) < 4.78 is 0. The van der Waals surface area contributed by atoms with E-state index in [-0.39, 0.29) is 0 Å². The summed E-state index contributed by atoms with van der Waals surface area (Å²) in [6.07, 6.45) is 5.51. The number of nitrogens with one attached hydrogen (secondary N) is 2. The molecule has 2 fully saturated rings. The van der Waals surface area contributed by atoms with Crippen molar-refractivity contribution < 1.29 is 0 Å². The third kappa shape index (κ3) is 5.85. The Morgan fingerprint density at radius 2 is 1.67 bits per heavy atom. The maximum Gasteiger partial charge on any atom is 0.0217 e. The van der Waals surface area contributed by atoms with Crippen molar-refractivity contribution in [2.45, 2.75) is 38.6 Å². The SMILES string of the molecule is CCNCC1CCC(CNCC2CCCN(C)C2)N(C)C1. The molecule has 2 aliphatic rings. The molecule has 0 amide bonds. The lowest BCUT2D eigenvalue weighted by Gasteiger charge is -2.38. The van der Waals surface area contributed by atoms with E-state index in [1.165, 1.54) is 65.0 Å². The summed E-state index contributed by atoms with van der Waals surface area (Å²) in [7, 11) is 4.56. The molecule has 0 bridgehead atoms. The average Bonchev–Trinajstić information content (AvgIpc) is 2.47. The van der Waals surface area contributed by atoms with E-state index >= 15 is 0 Å². The number of nitrogens with zero attached hydrogens (tertiary/aromatic N) is 2. The highest BCUT2D eigenvalue weighted by Gasteiger charge is 2.25. The Morgan fingerprint density at radius 1 is 0.905 bits per heavy atom. The molecule has 4 heteroatoms. The molecule has 0 aromatic rings. The van der Waals surface area contributed by atoms with Crippen LogP contribution in [0.3, 0.4) is 0 Å². The summed E-state index contributed by atoms with van der Waals surface area (Å²) in [5.74, 6) is 1.71. The molecule has 0 aromatic carbocycles. The van der Waals surface area contributed by atoms with Crippen molar-refractivity contribution in [2.75, 3.05) is 59.9 Å². The van der Waals surface area contributed by atoms with Gasteiger partial charge in [-0.3, -0.25) is 0 Å². The first-order valence-corrected chi connectivity index (χ1v) is 8.99. The second-order valence-corrected chi connectivity index (χ2v) is 7.27. The van der Waals surface area contributed by atoms with E-state index < -0.39 is 0 Å². The van der Waals surface area contributed by atoms with Gasteiger partial charge in [0.15, 0.2) is 0 Å². The second kappa shape index (κ2) is 9.09. The van der Waals surface area contributed by atoms with Crippen LogP contribution < -0.4 is 10.6 Å². The zero-order chi connectivity index (χ0) is 15.1. The minimum atomic E-state index is 0.740. The number of hydrogen-bond donors (Lipinski definition) is 2. The maximum absolute atomic E-state index is 3.75. The van der Waals surface area contributed by atoms with E-state index in [9.17, 15) is 0 Å². The van der Waals surface area contributed by atoms with Crippen molar-refractivity contribution in [1.29, 1.82) is 0 Å². The van der Waals surface area contributed by atoms with Gasteiger partial charge in [0.05, 0.1) is 0 Å². The summed E-state index contributed by atoms with van der Waals surface area (Å²) in [4.78, 5) is 5.05. The molecule has 0 radical (unpaired) electrons. The Labute approximate surface area is 131 Å². The van der Waals surface area contributed by atoms with E-state index in [1.54, 1.807) is 0 Å². The van der Waals surface area contributed by atoms with Gasteiger partial charge >= 0.3 is 0 Å².